The molecule has 2 fully saturated rings. The molecule has 2 aliphatic heterocycles. The van der Waals surface area contributed by atoms with E-state index in [9.17, 15) is 8.78 Å². The average Bonchev–Trinajstić information content (AvgIpc) is 3.01. The van der Waals surface area contributed by atoms with Gasteiger partial charge in [0.05, 0.1) is 6.67 Å². The van der Waals surface area contributed by atoms with Gasteiger partial charge in [0.15, 0.2) is 0 Å². The SMILES string of the molecule is CC[C@]12C[C@H](F)CN1[C@@H](c1ccsc1)[C@@H](CF)C2. The lowest BCUT2D eigenvalue weighted by Crippen LogP contribution is -2.38. The summed E-state index contributed by atoms with van der Waals surface area (Å²) in [7, 11) is 0. The van der Waals surface area contributed by atoms with E-state index in [0.717, 1.165) is 12.8 Å². The van der Waals surface area contributed by atoms with Crippen molar-refractivity contribution in [1.82, 2.24) is 4.90 Å². The van der Waals surface area contributed by atoms with Gasteiger partial charge in [-0.3, -0.25) is 9.29 Å². The summed E-state index contributed by atoms with van der Waals surface area (Å²) in [6, 6.07) is 2.15. The molecule has 1 nitrogen and oxygen atoms in total. The summed E-state index contributed by atoms with van der Waals surface area (Å²) in [6.45, 7) is 2.29. The molecule has 0 saturated carbocycles. The fourth-order valence-corrected chi connectivity index (χ4v) is 4.68. The smallest absolute Gasteiger partial charge is 0.115 e. The highest BCUT2D eigenvalue weighted by atomic mass is 32.1. The number of hydrogen-bond acceptors (Lipinski definition) is 2. The Morgan fingerprint density at radius 3 is 2.94 bits per heavy atom. The average molecular weight is 271 g/mol. The van der Waals surface area contributed by atoms with Crippen LogP contribution >= 0.6 is 11.3 Å². The van der Waals surface area contributed by atoms with E-state index in [4.69, 9.17) is 0 Å². The molecule has 0 aromatic carbocycles. The van der Waals surface area contributed by atoms with Crippen LogP contribution in [0.3, 0.4) is 0 Å². The van der Waals surface area contributed by atoms with Gasteiger partial charge in [-0.05, 0) is 41.7 Å². The molecule has 1 aromatic heterocycles. The van der Waals surface area contributed by atoms with Crippen molar-refractivity contribution in [1.29, 1.82) is 0 Å². The highest BCUT2D eigenvalue weighted by molar-refractivity contribution is 7.07. The van der Waals surface area contributed by atoms with Crippen LogP contribution in [-0.4, -0.2) is 29.8 Å². The van der Waals surface area contributed by atoms with Gasteiger partial charge in [-0.1, -0.05) is 6.92 Å². The van der Waals surface area contributed by atoms with E-state index in [1.807, 2.05) is 5.38 Å². The van der Waals surface area contributed by atoms with E-state index < -0.39 is 6.17 Å². The zero-order valence-corrected chi connectivity index (χ0v) is 11.4. The highest BCUT2D eigenvalue weighted by Crippen LogP contribution is 2.54. The summed E-state index contributed by atoms with van der Waals surface area (Å²) >= 11 is 1.64. The van der Waals surface area contributed by atoms with E-state index in [1.54, 1.807) is 11.3 Å². The summed E-state index contributed by atoms with van der Waals surface area (Å²) in [5, 5.41) is 4.12. The molecule has 2 aliphatic rings. The van der Waals surface area contributed by atoms with Gasteiger partial charge in [0.25, 0.3) is 0 Å². The second-order valence-electron chi connectivity index (χ2n) is 5.65. The Morgan fingerprint density at radius 1 is 1.50 bits per heavy atom. The first kappa shape index (κ1) is 12.5. The molecule has 0 unspecified atom stereocenters. The van der Waals surface area contributed by atoms with Gasteiger partial charge in [0.2, 0.25) is 0 Å². The van der Waals surface area contributed by atoms with Crippen LogP contribution in [0.25, 0.3) is 0 Å². The first-order chi connectivity index (χ1) is 8.70. The monoisotopic (exact) mass is 271 g/mol. The van der Waals surface area contributed by atoms with Gasteiger partial charge in [-0.25, -0.2) is 4.39 Å². The Labute approximate surface area is 111 Å². The van der Waals surface area contributed by atoms with Gasteiger partial charge in [0.1, 0.15) is 6.17 Å². The minimum absolute atomic E-state index is 0.0343. The largest absolute Gasteiger partial charge is 0.287 e. The lowest BCUT2D eigenvalue weighted by atomic mass is 9.86. The van der Waals surface area contributed by atoms with Gasteiger partial charge in [0, 0.05) is 24.0 Å². The van der Waals surface area contributed by atoms with Crippen molar-refractivity contribution in [2.75, 3.05) is 13.2 Å². The van der Waals surface area contributed by atoms with Crippen molar-refractivity contribution in [2.24, 2.45) is 5.92 Å². The molecule has 0 aliphatic carbocycles. The van der Waals surface area contributed by atoms with Crippen LogP contribution in [0.2, 0.25) is 0 Å². The lowest BCUT2D eigenvalue weighted by molar-refractivity contribution is 0.137. The number of nitrogens with zero attached hydrogens (tertiary/aromatic N) is 1. The number of halogens is 2. The Morgan fingerprint density at radius 2 is 2.33 bits per heavy atom. The van der Waals surface area contributed by atoms with Crippen molar-refractivity contribution in [3.05, 3.63) is 22.4 Å². The highest BCUT2D eigenvalue weighted by Gasteiger charge is 2.56. The predicted octanol–water partition coefficient (Wildman–Crippen LogP) is 3.97. The third kappa shape index (κ3) is 1.73. The molecule has 3 rings (SSSR count). The molecule has 100 valence electrons. The molecule has 0 bridgehead atoms. The molecule has 0 amide bonds. The first-order valence-corrected chi connectivity index (χ1v) is 7.63. The maximum atomic E-state index is 13.8. The van der Waals surface area contributed by atoms with Crippen molar-refractivity contribution in [3.63, 3.8) is 0 Å². The van der Waals surface area contributed by atoms with Crippen LogP contribution in [0.15, 0.2) is 16.8 Å². The van der Waals surface area contributed by atoms with E-state index in [1.165, 1.54) is 5.56 Å². The van der Waals surface area contributed by atoms with Crippen LogP contribution in [0.1, 0.15) is 37.8 Å². The Balaban J connectivity index is 1.96. The molecule has 2 saturated heterocycles. The summed E-state index contributed by atoms with van der Waals surface area (Å²) in [4.78, 5) is 2.25. The Kier molecular flexibility index (Phi) is 3.18. The van der Waals surface area contributed by atoms with Crippen LogP contribution in [-0.2, 0) is 0 Å². The predicted molar refractivity (Wildman–Crippen MR) is 70.4 cm³/mol. The van der Waals surface area contributed by atoms with Gasteiger partial charge in [-0.2, -0.15) is 11.3 Å². The summed E-state index contributed by atoms with van der Waals surface area (Å²) in [6.07, 6.45) is 1.57. The third-order valence-electron chi connectivity index (χ3n) is 4.77. The van der Waals surface area contributed by atoms with Crippen LogP contribution in [0, 0.1) is 5.92 Å². The van der Waals surface area contributed by atoms with Crippen LogP contribution < -0.4 is 0 Å². The molecule has 0 radical (unpaired) electrons. The topological polar surface area (TPSA) is 3.24 Å². The van der Waals surface area contributed by atoms with Crippen molar-refractivity contribution in [3.8, 4) is 0 Å². The number of thiophene rings is 1. The molecule has 1 aromatic rings. The summed E-state index contributed by atoms with van der Waals surface area (Å²) in [5.74, 6) is 0.0343. The zero-order valence-electron chi connectivity index (χ0n) is 10.6. The minimum atomic E-state index is -0.744. The second kappa shape index (κ2) is 4.57. The van der Waals surface area contributed by atoms with Gasteiger partial charge in [-0.15, -0.1) is 0 Å². The molecular weight excluding hydrogens is 252 g/mol. The normalized spacial score (nSPS) is 40.3. The molecule has 3 heterocycles. The lowest BCUT2D eigenvalue weighted by Gasteiger charge is -2.33. The number of alkyl halides is 2. The molecule has 0 spiro atoms. The molecule has 4 heteroatoms. The fraction of sp³-hybridized carbons (Fsp3) is 0.714. The number of fused-ring (bicyclic) bond motifs is 1. The van der Waals surface area contributed by atoms with E-state index >= 15 is 0 Å². The summed E-state index contributed by atoms with van der Waals surface area (Å²) < 4.78 is 27.1. The molecule has 0 N–H and O–H groups in total. The van der Waals surface area contributed by atoms with Crippen molar-refractivity contribution < 1.29 is 8.78 Å². The number of hydrogen-bond donors (Lipinski definition) is 0. The molecule has 4 atom stereocenters. The Hall–Kier alpha value is -0.480. The molecule has 18 heavy (non-hydrogen) atoms. The van der Waals surface area contributed by atoms with Gasteiger partial charge >= 0.3 is 0 Å². The van der Waals surface area contributed by atoms with Crippen molar-refractivity contribution >= 4 is 11.3 Å². The van der Waals surface area contributed by atoms with Gasteiger partial charge < -0.3 is 0 Å². The maximum Gasteiger partial charge on any atom is 0.115 e. The molecular formula is C14H19F2NS. The van der Waals surface area contributed by atoms with Crippen LogP contribution in [0.5, 0.6) is 0 Å². The number of rotatable bonds is 3. The fourth-order valence-electron chi connectivity index (χ4n) is 3.99. The Bertz CT molecular complexity index is 408. The van der Waals surface area contributed by atoms with E-state index in [0.29, 0.717) is 13.0 Å². The van der Waals surface area contributed by atoms with E-state index in [2.05, 4.69) is 23.3 Å². The minimum Gasteiger partial charge on any atom is -0.287 e. The van der Waals surface area contributed by atoms with E-state index in [-0.39, 0.29) is 24.2 Å². The summed E-state index contributed by atoms with van der Waals surface area (Å²) in [5.41, 5.74) is 1.08. The maximum absolute atomic E-state index is 13.8. The zero-order chi connectivity index (χ0) is 12.8. The quantitative estimate of drug-likeness (QED) is 0.804. The standard InChI is InChI=1S/C14H19F2NS/c1-2-14-5-11(7-15)13(10-3-4-18-9-10)17(14)8-12(16)6-14/h3-4,9,11-13H,2,5-8H2,1H3/t11-,12+,13+,14+/m1/s1. The first-order valence-electron chi connectivity index (χ1n) is 6.69. The third-order valence-corrected chi connectivity index (χ3v) is 5.47. The van der Waals surface area contributed by atoms with Crippen molar-refractivity contribution in [2.45, 2.75) is 43.9 Å². The van der Waals surface area contributed by atoms with Crippen LogP contribution in [0.4, 0.5) is 8.78 Å². The second-order valence-corrected chi connectivity index (χ2v) is 6.43.